The number of rotatable bonds is 3. The van der Waals surface area contributed by atoms with Crippen LogP contribution in [0.2, 0.25) is 0 Å². The predicted octanol–water partition coefficient (Wildman–Crippen LogP) is 5.03. The van der Waals surface area contributed by atoms with Gasteiger partial charge in [0.25, 0.3) is 5.91 Å². The van der Waals surface area contributed by atoms with Crippen LogP contribution < -0.4 is 4.90 Å². The number of carbonyl (C=O) groups is 1. The summed E-state index contributed by atoms with van der Waals surface area (Å²) in [6.45, 7) is 14.4. The molecule has 0 spiro atoms. The maximum atomic E-state index is 12.8. The smallest absolute Gasteiger partial charge is 0.266 e. The number of benzene rings is 1. The second kappa shape index (κ2) is 7.34. The van der Waals surface area contributed by atoms with Crippen LogP contribution in [0.25, 0.3) is 6.08 Å². The fourth-order valence-electron chi connectivity index (χ4n) is 4.07. The minimum atomic E-state index is 0.0677. The molecule has 3 rings (SSSR count). The molecule has 0 saturated carbocycles. The Labute approximate surface area is 167 Å². The molecule has 5 heteroatoms. The van der Waals surface area contributed by atoms with E-state index in [4.69, 9.17) is 0 Å². The number of aliphatic imine (C=N–C) groups is 1. The topological polar surface area (TPSA) is 35.9 Å². The molecule has 0 aliphatic carbocycles. The lowest BCUT2D eigenvalue weighted by atomic mass is 9.79. The average Bonchev–Trinajstić information content (AvgIpc) is 2.89. The van der Waals surface area contributed by atoms with Gasteiger partial charge in [0.1, 0.15) is 0 Å². The van der Waals surface area contributed by atoms with E-state index in [1.165, 1.54) is 28.6 Å². The number of carbonyl (C=O) groups excluding carboxylic acids is 1. The van der Waals surface area contributed by atoms with Crippen molar-refractivity contribution in [2.45, 2.75) is 59.4 Å². The van der Waals surface area contributed by atoms with Gasteiger partial charge in [-0.05, 0) is 93.6 Å². The molecule has 0 radical (unpaired) electrons. The van der Waals surface area contributed by atoms with Crippen LogP contribution in [0, 0.1) is 6.92 Å². The highest BCUT2D eigenvalue weighted by atomic mass is 32.2. The van der Waals surface area contributed by atoms with Gasteiger partial charge in [-0.15, -0.1) is 0 Å². The third-order valence-electron chi connectivity index (χ3n) is 5.81. The minimum absolute atomic E-state index is 0.0677. The standard InChI is InChI=1S/C22H31N3OS/c1-8-23-21-25(9-2)20(26)19(27-21)12-16-11-17-15(4)13-22(5,6)24(7)18(17)10-14(16)3/h10-12,15H,8-9,13H2,1-7H3/b19-12-,23-21?/t15-/m1/s1. The van der Waals surface area contributed by atoms with E-state index in [-0.39, 0.29) is 11.4 Å². The molecule has 2 aliphatic rings. The lowest BCUT2D eigenvalue weighted by Gasteiger charge is -2.45. The van der Waals surface area contributed by atoms with Crippen molar-refractivity contribution in [2.24, 2.45) is 4.99 Å². The van der Waals surface area contributed by atoms with Gasteiger partial charge in [-0.2, -0.15) is 0 Å². The molecular formula is C22H31N3OS. The lowest BCUT2D eigenvalue weighted by molar-refractivity contribution is -0.122. The molecule has 2 aliphatic heterocycles. The van der Waals surface area contributed by atoms with Crippen molar-refractivity contribution in [3.8, 4) is 0 Å². The first-order valence-corrected chi connectivity index (χ1v) is 10.7. The summed E-state index contributed by atoms with van der Waals surface area (Å²) in [5.74, 6) is 0.568. The Kier molecular flexibility index (Phi) is 5.44. The van der Waals surface area contributed by atoms with Crippen molar-refractivity contribution in [3.05, 3.63) is 33.7 Å². The number of hydrogen-bond acceptors (Lipinski definition) is 4. The largest absolute Gasteiger partial charge is 0.369 e. The molecule has 0 N–H and O–H groups in total. The Bertz CT molecular complexity index is 825. The van der Waals surface area contributed by atoms with Gasteiger partial charge in [0.05, 0.1) is 4.91 Å². The van der Waals surface area contributed by atoms with Crippen LogP contribution in [-0.2, 0) is 4.79 Å². The molecule has 1 saturated heterocycles. The molecule has 146 valence electrons. The van der Waals surface area contributed by atoms with E-state index in [0.29, 0.717) is 19.0 Å². The first kappa shape index (κ1) is 20.0. The molecule has 0 unspecified atom stereocenters. The minimum Gasteiger partial charge on any atom is -0.369 e. The summed E-state index contributed by atoms with van der Waals surface area (Å²) in [5, 5.41) is 0.821. The molecular weight excluding hydrogens is 354 g/mol. The Hall–Kier alpha value is -1.75. The summed E-state index contributed by atoms with van der Waals surface area (Å²) in [6.07, 6.45) is 3.18. The summed E-state index contributed by atoms with van der Waals surface area (Å²) in [5.41, 5.74) is 5.18. The molecule has 1 amide bonds. The van der Waals surface area contributed by atoms with Gasteiger partial charge in [-0.3, -0.25) is 14.7 Å². The number of hydrogen-bond donors (Lipinski definition) is 0. The quantitative estimate of drug-likeness (QED) is 0.685. The van der Waals surface area contributed by atoms with E-state index in [9.17, 15) is 4.79 Å². The highest BCUT2D eigenvalue weighted by molar-refractivity contribution is 8.18. The van der Waals surface area contributed by atoms with Crippen LogP contribution in [0.15, 0.2) is 22.0 Å². The van der Waals surface area contributed by atoms with Crippen molar-refractivity contribution >= 4 is 34.6 Å². The van der Waals surface area contributed by atoms with Gasteiger partial charge < -0.3 is 4.90 Å². The maximum absolute atomic E-state index is 12.8. The summed E-state index contributed by atoms with van der Waals surface area (Å²) >= 11 is 1.50. The Balaban J connectivity index is 2.02. The number of fused-ring (bicyclic) bond motifs is 1. The lowest BCUT2D eigenvalue weighted by Crippen LogP contribution is -2.45. The summed E-state index contributed by atoms with van der Waals surface area (Å²) < 4.78 is 0. The van der Waals surface area contributed by atoms with Gasteiger partial charge in [-0.1, -0.05) is 6.92 Å². The van der Waals surface area contributed by atoms with Gasteiger partial charge in [0, 0.05) is 31.4 Å². The first-order valence-electron chi connectivity index (χ1n) is 9.83. The van der Waals surface area contributed by atoms with Gasteiger partial charge in [0.2, 0.25) is 0 Å². The van der Waals surface area contributed by atoms with Crippen LogP contribution in [-0.4, -0.2) is 41.7 Å². The zero-order valence-corrected chi connectivity index (χ0v) is 18.4. The van der Waals surface area contributed by atoms with Crippen molar-refractivity contribution in [1.29, 1.82) is 0 Å². The third kappa shape index (κ3) is 3.54. The summed E-state index contributed by atoms with van der Waals surface area (Å²) in [6, 6.07) is 4.56. The van der Waals surface area contributed by atoms with Crippen molar-refractivity contribution in [2.75, 3.05) is 25.0 Å². The molecule has 1 atom stereocenters. The fourth-order valence-corrected chi connectivity index (χ4v) is 5.17. The van der Waals surface area contributed by atoms with Crippen molar-refractivity contribution in [1.82, 2.24) is 4.90 Å². The van der Waals surface area contributed by atoms with Gasteiger partial charge in [-0.25, -0.2) is 0 Å². The predicted molar refractivity (Wildman–Crippen MR) is 118 cm³/mol. The Morgan fingerprint density at radius 3 is 2.67 bits per heavy atom. The highest BCUT2D eigenvalue weighted by Crippen LogP contribution is 2.44. The van der Waals surface area contributed by atoms with Crippen molar-refractivity contribution < 1.29 is 4.79 Å². The molecule has 2 heterocycles. The van der Waals surface area contributed by atoms with E-state index >= 15 is 0 Å². The van der Waals surface area contributed by atoms with E-state index in [1.54, 1.807) is 4.90 Å². The zero-order chi connectivity index (χ0) is 19.9. The third-order valence-corrected chi connectivity index (χ3v) is 6.85. The van der Waals surface area contributed by atoms with E-state index in [1.807, 2.05) is 13.8 Å². The molecule has 1 aromatic rings. The van der Waals surface area contributed by atoms with Crippen LogP contribution in [0.4, 0.5) is 5.69 Å². The molecule has 0 aromatic heterocycles. The Morgan fingerprint density at radius 2 is 2.04 bits per heavy atom. The van der Waals surface area contributed by atoms with Gasteiger partial charge >= 0.3 is 0 Å². The monoisotopic (exact) mass is 385 g/mol. The number of nitrogens with zero attached hydrogens (tertiary/aromatic N) is 3. The number of likely N-dealkylation sites (N-methyl/N-ethyl adjacent to an activating group) is 1. The number of aryl methyl sites for hydroxylation is 1. The first-order chi connectivity index (χ1) is 12.7. The van der Waals surface area contributed by atoms with Crippen LogP contribution in [0.1, 0.15) is 63.6 Å². The normalized spacial score (nSPS) is 24.9. The second-order valence-corrected chi connectivity index (χ2v) is 9.17. The number of thioether (sulfide) groups is 1. The van der Waals surface area contributed by atoms with E-state index in [2.05, 4.69) is 62.8 Å². The summed E-state index contributed by atoms with van der Waals surface area (Å²) in [4.78, 5) is 22.2. The highest BCUT2D eigenvalue weighted by Gasteiger charge is 2.35. The zero-order valence-electron chi connectivity index (χ0n) is 17.6. The molecule has 1 fully saturated rings. The summed E-state index contributed by atoms with van der Waals surface area (Å²) in [7, 11) is 2.19. The molecule has 4 nitrogen and oxygen atoms in total. The molecule has 1 aromatic carbocycles. The fraction of sp³-hybridized carbons (Fsp3) is 0.545. The van der Waals surface area contributed by atoms with Crippen molar-refractivity contribution in [3.63, 3.8) is 0 Å². The average molecular weight is 386 g/mol. The number of anilines is 1. The number of amidine groups is 1. The number of amides is 1. The van der Waals surface area contributed by atoms with Crippen LogP contribution >= 0.6 is 11.8 Å². The van der Waals surface area contributed by atoms with Crippen LogP contribution in [0.5, 0.6) is 0 Å². The molecule has 0 bridgehead atoms. The SMILES string of the molecule is CCN=C1S/C(=C\c2cc3c(cc2C)N(C)C(C)(C)C[C@H]3C)C(=O)N1CC. The molecule has 27 heavy (non-hydrogen) atoms. The second-order valence-electron chi connectivity index (χ2n) is 8.16. The van der Waals surface area contributed by atoms with Crippen LogP contribution in [0.3, 0.4) is 0 Å². The maximum Gasteiger partial charge on any atom is 0.266 e. The van der Waals surface area contributed by atoms with E-state index in [0.717, 1.165) is 22.1 Å². The van der Waals surface area contributed by atoms with Gasteiger partial charge in [0.15, 0.2) is 5.17 Å². The van der Waals surface area contributed by atoms with E-state index < -0.39 is 0 Å². The Morgan fingerprint density at radius 1 is 1.33 bits per heavy atom.